The first-order chi connectivity index (χ1) is 8.28. The first-order valence-corrected chi connectivity index (χ1v) is 6.08. The van der Waals surface area contributed by atoms with Crippen LogP contribution in [0, 0.1) is 23.2 Å². The largest absolute Gasteiger partial charge is 0.473 e. The van der Waals surface area contributed by atoms with Crippen LogP contribution in [0.1, 0.15) is 12.0 Å². The molecule has 1 saturated carbocycles. The number of ether oxygens (including phenoxy) is 1. The van der Waals surface area contributed by atoms with Gasteiger partial charge in [0.2, 0.25) is 5.88 Å². The molecule has 88 valence electrons. The minimum absolute atomic E-state index is 0.231. The Morgan fingerprint density at radius 2 is 2.24 bits per heavy atom. The van der Waals surface area contributed by atoms with E-state index in [-0.39, 0.29) is 6.10 Å². The van der Waals surface area contributed by atoms with Gasteiger partial charge in [-0.15, -0.1) is 0 Å². The second-order valence-corrected chi connectivity index (χ2v) is 5.03. The lowest BCUT2D eigenvalue weighted by atomic mass is 9.69. The Hall–Kier alpha value is -1.31. The summed E-state index contributed by atoms with van der Waals surface area (Å²) in [5.74, 6) is 1.59. The van der Waals surface area contributed by atoms with E-state index in [2.05, 4.69) is 10.3 Å². The second kappa shape index (κ2) is 4.17. The second-order valence-electron chi connectivity index (χ2n) is 4.62. The quantitative estimate of drug-likeness (QED) is 0.865. The summed E-state index contributed by atoms with van der Waals surface area (Å²) in [5, 5.41) is 12.5. The number of nitrogens with zero attached hydrogens (tertiary/aromatic N) is 2. The van der Waals surface area contributed by atoms with Gasteiger partial charge in [-0.1, -0.05) is 11.6 Å². The molecule has 0 radical (unpaired) electrons. The first kappa shape index (κ1) is 10.8. The average molecular weight is 250 g/mol. The molecule has 1 N–H and O–H groups in total. The van der Waals surface area contributed by atoms with Gasteiger partial charge in [0, 0.05) is 31.1 Å². The SMILES string of the molecule is N#Cc1cnc(OC2[C@@H]3CNC[C@H]2C3)c(Cl)c1. The average Bonchev–Trinajstić information content (AvgIpc) is 2.37. The summed E-state index contributed by atoms with van der Waals surface area (Å²) in [4.78, 5) is 4.10. The van der Waals surface area contributed by atoms with E-state index in [9.17, 15) is 0 Å². The van der Waals surface area contributed by atoms with Crippen molar-refractivity contribution in [3.63, 3.8) is 0 Å². The van der Waals surface area contributed by atoms with Crippen LogP contribution >= 0.6 is 11.6 Å². The van der Waals surface area contributed by atoms with E-state index in [1.54, 1.807) is 6.07 Å². The highest BCUT2D eigenvalue weighted by molar-refractivity contribution is 6.31. The Morgan fingerprint density at radius 1 is 1.47 bits per heavy atom. The number of hydrogen-bond donors (Lipinski definition) is 1. The van der Waals surface area contributed by atoms with E-state index in [4.69, 9.17) is 21.6 Å². The van der Waals surface area contributed by atoms with Crippen molar-refractivity contribution in [2.75, 3.05) is 13.1 Å². The molecule has 2 aliphatic rings. The van der Waals surface area contributed by atoms with E-state index < -0.39 is 0 Å². The molecule has 3 atom stereocenters. The van der Waals surface area contributed by atoms with Crippen molar-refractivity contribution in [2.45, 2.75) is 12.5 Å². The highest BCUT2D eigenvalue weighted by Gasteiger charge is 2.45. The molecule has 3 rings (SSSR count). The molecule has 1 aliphatic heterocycles. The maximum Gasteiger partial charge on any atom is 0.232 e. The van der Waals surface area contributed by atoms with E-state index in [1.807, 2.05) is 6.07 Å². The van der Waals surface area contributed by atoms with Crippen LogP contribution < -0.4 is 10.1 Å². The summed E-state index contributed by atoms with van der Waals surface area (Å²) >= 11 is 6.04. The molecule has 0 spiro atoms. The Bertz CT molecular complexity index is 471. The van der Waals surface area contributed by atoms with E-state index in [0.29, 0.717) is 28.3 Å². The van der Waals surface area contributed by atoms with Crippen molar-refractivity contribution in [3.8, 4) is 11.9 Å². The van der Waals surface area contributed by atoms with Crippen molar-refractivity contribution in [1.82, 2.24) is 10.3 Å². The highest BCUT2D eigenvalue weighted by atomic mass is 35.5. The van der Waals surface area contributed by atoms with Gasteiger partial charge in [0.1, 0.15) is 17.2 Å². The van der Waals surface area contributed by atoms with Gasteiger partial charge in [-0.2, -0.15) is 5.26 Å². The van der Waals surface area contributed by atoms with Crippen LogP contribution in [-0.4, -0.2) is 24.2 Å². The van der Waals surface area contributed by atoms with Gasteiger partial charge in [0.05, 0.1) is 5.56 Å². The number of fused-ring (bicyclic) bond motifs is 2. The van der Waals surface area contributed by atoms with E-state index in [1.165, 1.54) is 12.6 Å². The summed E-state index contributed by atoms with van der Waals surface area (Å²) in [6, 6.07) is 3.60. The Labute approximate surface area is 105 Å². The molecule has 4 nitrogen and oxygen atoms in total. The summed E-state index contributed by atoms with van der Waals surface area (Å²) in [7, 11) is 0. The molecule has 0 aromatic carbocycles. The van der Waals surface area contributed by atoms with Gasteiger partial charge in [-0.3, -0.25) is 0 Å². The minimum atomic E-state index is 0.231. The van der Waals surface area contributed by atoms with Crippen LogP contribution in [0.15, 0.2) is 12.3 Å². The molecule has 1 unspecified atom stereocenters. The monoisotopic (exact) mass is 249 g/mol. The van der Waals surface area contributed by atoms with E-state index in [0.717, 1.165) is 13.1 Å². The number of pyridine rings is 1. The summed E-state index contributed by atoms with van der Waals surface area (Å²) in [5.41, 5.74) is 0.456. The number of halogens is 1. The molecular weight excluding hydrogens is 238 g/mol. The molecule has 5 heteroatoms. The topological polar surface area (TPSA) is 57.9 Å². The van der Waals surface area contributed by atoms with Gasteiger partial charge in [0.25, 0.3) is 0 Å². The van der Waals surface area contributed by atoms with Crippen LogP contribution in [0.4, 0.5) is 0 Å². The normalized spacial score (nSPS) is 30.2. The summed E-state index contributed by atoms with van der Waals surface area (Å²) in [6.07, 6.45) is 2.95. The van der Waals surface area contributed by atoms with Gasteiger partial charge in [-0.05, 0) is 12.5 Å². The molecule has 0 amide bonds. The van der Waals surface area contributed by atoms with Crippen molar-refractivity contribution >= 4 is 11.6 Å². The molecule has 1 aliphatic carbocycles. The number of aromatic nitrogens is 1. The molecule has 2 fully saturated rings. The van der Waals surface area contributed by atoms with Gasteiger partial charge >= 0.3 is 0 Å². The predicted molar refractivity (Wildman–Crippen MR) is 62.8 cm³/mol. The molecule has 1 aromatic rings. The number of rotatable bonds is 2. The maximum absolute atomic E-state index is 8.73. The zero-order valence-electron chi connectivity index (χ0n) is 9.19. The predicted octanol–water partition coefficient (Wildman–Crippen LogP) is 1.59. The lowest BCUT2D eigenvalue weighted by molar-refractivity contribution is -0.0469. The third-order valence-electron chi connectivity index (χ3n) is 3.53. The third-order valence-corrected chi connectivity index (χ3v) is 3.80. The number of piperidine rings is 2. The zero-order chi connectivity index (χ0) is 11.8. The third kappa shape index (κ3) is 1.86. The first-order valence-electron chi connectivity index (χ1n) is 5.71. The molecular formula is C12H12ClN3O. The highest BCUT2D eigenvalue weighted by Crippen LogP contribution is 2.40. The fourth-order valence-corrected chi connectivity index (χ4v) is 2.80. The minimum Gasteiger partial charge on any atom is -0.473 e. The Morgan fingerprint density at radius 3 is 2.82 bits per heavy atom. The van der Waals surface area contributed by atoms with Crippen molar-refractivity contribution in [1.29, 1.82) is 5.26 Å². The molecule has 2 heterocycles. The zero-order valence-corrected chi connectivity index (χ0v) is 9.94. The molecule has 1 aromatic heterocycles. The van der Waals surface area contributed by atoms with Crippen LogP contribution in [0.5, 0.6) is 5.88 Å². The maximum atomic E-state index is 8.73. The fourth-order valence-electron chi connectivity index (χ4n) is 2.59. The van der Waals surface area contributed by atoms with Gasteiger partial charge in [-0.25, -0.2) is 4.98 Å². The van der Waals surface area contributed by atoms with Crippen LogP contribution in [0.2, 0.25) is 5.02 Å². The number of nitrogens with one attached hydrogen (secondary N) is 1. The van der Waals surface area contributed by atoms with Crippen molar-refractivity contribution in [3.05, 3.63) is 22.8 Å². The summed E-state index contributed by atoms with van der Waals surface area (Å²) < 4.78 is 5.86. The lowest BCUT2D eigenvalue weighted by Crippen LogP contribution is -2.59. The smallest absolute Gasteiger partial charge is 0.232 e. The lowest BCUT2D eigenvalue weighted by Gasteiger charge is -2.48. The van der Waals surface area contributed by atoms with Crippen LogP contribution in [-0.2, 0) is 0 Å². The molecule has 1 saturated heterocycles. The number of hydrogen-bond acceptors (Lipinski definition) is 4. The summed E-state index contributed by atoms with van der Waals surface area (Å²) in [6.45, 7) is 2.02. The molecule has 2 bridgehead atoms. The van der Waals surface area contributed by atoms with Crippen LogP contribution in [0.25, 0.3) is 0 Å². The van der Waals surface area contributed by atoms with Crippen molar-refractivity contribution in [2.24, 2.45) is 11.8 Å². The number of nitriles is 1. The Kier molecular flexibility index (Phi) is 2.65. The van der Waals surface area contributed by atoms with Gasteiger partial charge in [0.15, 0.2) is 0 Å². The van der Waals surface area contributed by atoms with E-state index >= 15 is 0 Å². The van der Waals surface area contributed by atoms with Crippen LogP contribution in [0.3, 0.4) is 0 Å². The Balaban J connectivity index is 1.75. The van der Waals surface area contributed by atoms with Crippen molar-refractivity contribution < 1.29 is 4.74 Å². The fraction of sp³-hybridized carbons (Fsp3) is 0.500. The van der Waals surface area contributed by atoms with Gasteiger partial charge < -0.3 is 10.1 Å². The molecule has 17 heavy (non-hydrogen) atoms. The standard InChI is InChI=1S/C12H12ClN3O/c13-10-1-7(3-14)4-16-12(10)17-11-8-2-9(11)6-15-5-8/h1,4,8-9,11,15H,2,5-6H2/t8-,9+,11?.